The Morgan fingerprint density at radius 3 is 2.26 bits per heavy atom. The lowest BCUT2D eigenvalue weighted by Gasteiger charge is -2.34. The van der Waals surface area contributed by atoms with E-state index in [0.29, 0.717) is 16.9 Å². The van der Waals surface area contributed by atoms with Crippen molar-refractivity contribution in [2.45, 2.75) is 51.9 Å². The van der Waals surface area contributed by atoms with E-state index in [1.54, 1.807) is 24.3 Å². The number of hydrogen-bond donors (Lipinski definition) is 1. The van der Waals surface area contributed by atoms with Crippen LogP contribution in [0, 0.1) is 6.92 Å². The van der Waals surface area contributed by atoms with Gasteiger partial charge in [-0.1, -0.05) is 79.5 Å². The summed E-state index contributed by atoms with van der Waals surface area (Å²) in [6.07, 6.45) is -2.37. The zero-order valence-corrected chi connectivity index (χ0v) is 25.8. The van der Waals surface area contributed by atoms with Crippen LogP contribution in [-0.4, -0.2) is 50.5 Å². The number of aryl methyl sites for hydroxylation is 1. The number of carbonyl (C=O) groups is 2. The first-order valence-corrected chi connectivity index (χ1v) is 15.9. The Kier molecular flexibility index (Phi) is 11.6. The van der Waals surface area contributed by atoms with E-state index in [0.717, 1.165) is 47.9 Å². The second-order valence-corrected chi connectivity index (χ2v) is 12.5. The van der Waals surface area contributed by atoms with Crippen molar-refractivity contribution in [1.82, 2.24) is 10.2 Å². The smallest absolute Gasteiger partial charge is 0.354 e. The third-order valence-corrected chi connectivity index (χ3v) is 8.40. The Labute approximate surface area is 255 Å². The number of carbonyl (C=O) groups excluding carboxylic acids is 2. The molecule has 43 heavy (non-hydrogen) atoms. The molecule has 0 heterocycles. The summed E-state index contributed by atoms with van der Waals surface area (Å²) in [5.74, 6) is -1.18. The molecule has 12 heteroatoms. The molecule has 0 saturated carbocycles. The van der Waals surface area contributed by atoms with Crippen LogP contribution in [0.3, 0.4) is 0 Å². The van der Waals surface area contributed by atoms with Crippen molar-refractivity contribution < 1.29 is 31.2 Å². The van der Waals surface area contributed by atoms with Gasteiger partial charge in [0.1, 0.15) is 12.6 Å². The number of nitrogens with one attached hydrogen (secondary N) is 1. The van der Waals surface area contributed by atoms with Gasteiger partial charge < -0.3 is 10.2 Å². The summed E-state index contributed by atoms with van der Waals surface area (Å²) in [4.78, 5) is 29.0. The lowest BCUT2D eigenvalue weighted by atomic mass is 10.0. The molecular formula is C31H35ClF3N3O4S. The quantitative estimate of drug-likeness (QED) is 0.233. The van der Waals surface area contributed by atoms with Crippen molar-refractivity contribution in [3.63, 3.8) is 0 Å². The largest absolute Gasteiger partial charge is 0.417 e. The van der Waals surface area contributed by atoms with Gasteiger partial charge in [0.05, 0.1) is 22.5 Å². The maximum atomic E-state index is 14.1. The zero-order valence-electron chi connectivity index (χ0n) is 24.2. The van der Waals surface area contributed by atoms with Crippen LogP contribution in [0.15, 0.2) is 72.8 Å². The number of benzene rings is 3. The molecule has 0 spiro atoms. The molecule has 0 aliphatic heterocycles. The molecular weight excluding hydrogens is 603 g/mol. The van der Waals surface area contributed by atoms with E-state index < -0.39 is 51.2 Å². The Morgan fingerprint density at radius 2 is 1.65 bits per heavy atom. The van der Waals surface area contributed by atoms with Crippen molar-refractivity contribution in [2.75, 3.05) is 23.7 Å². The van der Waals surface area contributed by atoms with Gasteiger partial charge in [-0.25, -0.2) is 8.42 Å². The van der Waals surface area contributed by atoms with Crippen LogP contribution in [0.4, 0.5) is 18.9 Å². The van der Waals surface area contributed by atoms with E-state index in [1.807, 2.05) is 44.2 Å². The van der Waals surface area contributed by atoms with Crippen molar-refractivity contribution in [3.05, 3.63) is 100 Å². The lowest BCUT2D eigenvalue weighted by molar-refractivity contribution is -0.140. The van der Waals surface area contributed by atoms with Gasteiger partial charge in [0.2, 0.25) is 21.8 Å². The van der Waals surface area contributed by atoms with E-state index in [4.69, 9.17) is 11.6 Å². The molecule has 0 aliphatic carbocycles. The normalized spacial score (nSPS) is 12.4. The minimum absolute atomic E-state index is 0.0315. The highest BCUT2D eigenvalue weighted by atomic mass is 35.5. The standard InChI is InChI=1S/C31H35ClF3N3O4S/c1-4-5-17-36-30(40)28(18-23-12-7-6-8-13-23)37(20-24-14-10-9-11-22(24)2)29(39)21-38(43(3,41)42)25-15-16-27(32)26(19-25)31(33,34)35/h6-16,19,28H,4-5,17-18,20-21H2,1-3H3,(H,36,40)/t28-/m0/s1. The van der Waals surface area contributed by atoms with Gasteiger partial charge in [-0.3, -0.25) is 13.9 Å². The predicted octanol–water partition coefficient (Wildman–Crippen LogP) is 5.99. The molecule has 0 bridgehead atoms. The van der Waals surface area contributed by atoms with Crippen LogP contribution in [0.25, 0.3) is 0 Å². The molecule has 0 radical (unpaired) electrons. The molecule has 7 nitrogen and oxygen atoms in total. The summed E-state index contributed by atoms with van der Waals surface area (Å²) < 4.78 is 67.2. The van der Waals surface area contributed by atoms with Crippen molar-refractivity contribution in [1.29, 1.82) is 0 Å². The van der Waals surface area contributed by atoms with E-state index >= 15 is 0 Å². The minimum atomic E-state index is -4.85. The monoisotopic (exact) mass is 637 g/mol. The van der Waals surface area contributed by atoms with Crippen LogP contribution in [0.5, 0.6) is 0 Å². The molecule has 1 N–H and O–H groups in total. The predicted molar refractivity (Wildman–Crippen MR) is 162 cm³/mol. The second kappa shape index (κ2) is 14.7. The Morgan fingerprint density at radius 1 is 1.00 bits per heavy atom. The highest BCUT2D eigenvalue weighted by molar-refractivity contribution is 7.92. The van der Waals surface area contributed by atoms with Crippen LogP contribution < -0.4 is 9.62 Å². The molecule has 0 unspecified atom stereocenters. The van der Waals surface area contributed by atoms with Crippen molar-refractivity contribution >= 4 is 39.1 Å². The average molecular weight is 638 g/mol. The van der Waals surface area contributed by atoms with Crippen molar-refractivity contribution in [2.24, 2.45) is 0 Å². The molecule has 3 aromatic rings. The topological polar surface area (TPSA) is 86.8 Å². The fourth-order valence-corrected chi connectivity index (χ4v) is 5.60. The molecule has 0 saturated heterocycles. The van der Waals surface area contributed by atoms with Gasteiger partial charge in [-0.05, 0) is 48.2 Å². The summed E-state index contributed by atoms with van der Waals surface area (Å²) in [5.41, 5.74) is 0.732. The number of alkyl halides is 3. The molecule has 0 aliphatic rings. The van der Waals surface area contributed by atoms with E-state index in [-0.39, 0.29) is 18.7 Å². The minimum Gasteiger partial charge on any atom is -0.354 e. The molecule has 0 aromatic heterocycles. The first-order chi connectivity index (χ1) is 20.2. The number of hydrogen-bond acceptors (Lipinski definition) is 4. The van der Waals surface area contributed by atoms with Gasteiger partial charge in [-0.2, -0.15) is 13.2 Å². The number of anilines is 1. The third-order valence-electron chi connectivity index (χ3n) is 6.93. The SMILES string of the molecule is CCCCNC(=O)[C@H](Cc1ccccc1)N(Cc1ccccc1C)C(=O)CN(c1ccc(Cl)c(C(F)(F)F)c1)S(C)(=O)=O. The molecule has 2 amide bonds. The number of halogens is 4. The number of amides is 2. The van der Waals surface area contributed by atoms with Gasteiger partial charge in [0.25, 0.3) is 0 Å². The Bertz CT molecular complexity index is 1520. The van der Waals surface area contributed by atoms with Crippen LogP contribution >= 0.6 is 11.6 Å². The van der Waals surface area contributed by atoms with Gasteiger partial charge >= 0.3 is 6.18 Å². The zero-order chi connectivity index (χ0) is 31.8. The van der Waals surface area contributed by atoms with E-state index in [9.17, 15) is 31.2 Å². The van der Waals surface area contributed by atoms with Gasteiger partial charge in [0, 0.05) is 19.5 Å². The van der Waals surface area contributed by atoms with Crippen LogP contribution in [0.2, 0.25) is 5.02 Å². The third kappa shape index (κ3) is 9.46. The summed E-state index contributed by atoms with van der Waals surface area (Å²) in [6.45, 7) is 3.34. The van der Waals surface area contributed by atoms with Crippen molar-refractivity contribution in [3.8, 4) is 0 Å². The summed E-state index contributed by atoms with van der Waals surface area (Å²) in [5, 5.41) is 2.27. The number of unbranched alkanes of at least 4 members (excludes halogenated alkanes) is 1. The molecule has 1 atom stereocenters. The Balaban J connectivity index is 2.09. The highest BCUT2D eigenvalue weighted by Gasteiger charge is 2.36. The first-order valence-electron chi connectivity index (χ1n) is 13.7. The second-order valence-electron chi connectivity index (χ2n) is 10.2. The molecule has 3 aromatic carbocycles. The maximum absolute atomic E-state index is 14.1. The molecule has 232 valence electrons. The first kappa shape index (κ1) is 33.9. The fraction of sp³-hybridized carbons (Fsp3) is 0.355. The molecule has 0 fully saturated rings. The maximum Gasteiger partial charge on any atom is 0.417 e. The highest BCUT2D eigenvalue weighted by Crippen LogP contribution is 2.37. The summed E-state index contributed by atoms with van der Waals surface area (Å²) >= 11 is 5.76. The summed E-state index contributed by atoms with van der Waals surface area (Å²) in [6, 6.07) is 17.9. The number of sulfonamides is 1. The lowest BCUT2D eigenvalue weighted by Crippen LogP contribution is -2.53. The number of rotatable bonds is 13. The van der Waals surface area contributed by atoms with Gasteiger partial charge in [-0.15, -0.1) is 0 Å². The van der Waals surface area contributed by atoms with Crippen LogP contribution in [-0.2, 0) is 38.8 Å². The summed E-state index contributed by atoms with van der Waals surface area (Å²) in [7, 11) is -4.25. The fourth-order valence-electron chi connectivity index (χ4n) is 4.53. The van der Waals surface area contributed by atoms with E-state index in [1.165, 1.54) is 4.90 Å². The van der Waals surface area contributed by atoms with E-state index in [2.05, 4.69) is 5.32 Å². The van der Waals surface area contributed by atoms with Crippen LogP contribution in [0.1, 0.15) is 42.0 Å². The number of nitrogens with zero attached hydrogens (tertiary/aromatic N) is 2. The average Bonchev–Trinajstić information content (AvgIpc) is 2.94. The molecule has 3 rings (SSSR count). The van der Waals surface area contributed by atoms with Gasteiger partial charge in [0.15, 0.2) is 0 Å². The Hall–Kier alpha value is -3.57.